The number of nitrogens with one attached hydrogen (secondary N) is 2. The van der Waals surface area contributed by atoms with E-state index in [4.69, 9.17) is 0 Å². The van der Waals surface area contributed by atoms with Crippen molar-refractivity contribution in [1.82, 2.24) is 10.6 Å². The summed E-state index contributed by atoms with van der Waals surface area (Å²) in [5.74, 6) is -1.12. The van der Waals surface area contributed by atoms with Crippen molar-refractivity contribution in [2.24, 2.45) is 5.92 Å². The molecule has 0 aliphatic rings. The number of rotatable bonds is 8. The summed E-state index contributed by atoms with van der Waals surface area (Å²) in [5.41, 5.74) is 1.45. The average Bonchev–Trinajstić information content (AvgIpc) is 2.65. The van der Waals surface area contributed by atoms with E-state index in [1.807, 2.05) is 44.2 Å². The minimum atomic E-state index is -4.76. The molecule has 0 heterocycles. The highest BCUT2D eigenvalue weighted by molar-refractivity contribution is 5.88. The lowest BCUT2D eigenvalue weighted by molar-refractivity contribution is -0.274. The third kappa shape index (κ3) is 7.42. The van der Waals surface area contributed by atoms with E-state index in [1.165, 1.54) is 24.3 Å². The molecule has 0 fully saturated rings. The van der Waals surface area contributed by atoms with Crippen LogP contribution < -0.4 is 15.4 Å². The minimum absolute atomic E-state index is 0.153. The molecule has 2 atom stereocenters. The molecule has 0 aromatic heterocycles. The number of carbonyl (C=O) groups is 2. The summed E-state index contributed by atoms with van der Waals surface area (Å²) < 4.78 is 40.6. The van der Waals surface area contributed by atoms with Gasteiger partial charge in [-0.3, -0.25) is 9.59 Å². The van der Waals surface area contributed by atoms with E-state index in [2.05, 4.69) is 15.4 Å². The topological polar surface area (TPSA) is 67.4 Å². The van der Waals surface area contributed by atoms with Gasteiger partial charge >= 0.3 is 6.36 Å². The van der Waals surface area contributed by atoms with Gasteiger partial charge in [0.1, 0.15) is 11.8 Å². The van der Waals surface area contributed by atoms with Gasteiger partial charge in [-0.05, 0) is 36.1 Å². The largest absolute Gasteiger partial charge is 0.573 e. The van der Waals surface area contributed by atoms with Crippen LogP contribution in [0.15, 0.2) is 54.6 Å². The van der Waals surface area contributed by atoms with Gasteiger partial charge in [-0.15, -0.1) is 13.2 Å². The number of benzene rings is 2. The van der Waals surface area contributed by atoms with Crippen LogP contribution in [-0.4, -0.2) is 24.2 Å². The quantitative estimate of drug-likeness (QED) is 0.672. The zero-order chi connectivity index (χ0) is 22.3. The van der Waals surface area contributed by atoms with E-state index in [-0.39, 0.29) is 29.9 Å². The van der Waals surface area contributed by atoms with Crippen LogP contribution in [0.4, 0.5) is 13.2 Å². The lowest BCUT2D eigenvalue weighted by Crippen LogP contribution is -2.50. The van der Waals surface area contributed by atoms with Gasteiger partial charge in [0.2, 0.25) is 11.8 Å². The Bertz CT molecular complexity index is 837. The van der Waals surface area contributed by atoms with E-state index in [0.717, 1.165) is 5.56 Å². The van der Waals surface area contributed by atoms with Gasteiger partial charge in [0.05, 0.1) is 12.5 Å². The number of ether oxygens (including phenoxy) is 1. The molecule has 2 aromatic rings. The van der Waals surface area contributed by atoms with Crippen LogP contribution in [0.2, 0.25) is 0 Å². The van der Waals surface area contributed by atoms with Crippen LogP contribution in [0.5, 0.6) is 5.75 Å². The van der Waals surface area contributed by atoms with Gasteiger partial charge in [0, 0.05) is 0 Å². The first kappa shape index (κ1) is 23.3. The number of hydrogen-bond donors (Lipinski definition) is 2. The van der Waals surface area contributed by atoms with Gasteiger partial charge in [0.25, 0.3) is 0 Å². The molecule has 0 spiro atoms. The van der Waals surface area contributed by atoms with E-state index >= 15 is 0 Å². The molecular formula is C22H25F3N2O3. The predicted octanol–water partition coefficient (Wildman–Crippen LogP) is 4.15. The Hall–Kier alpha value is -3.03. The summed E-state index contributed by atoms with van der Waals surface area (Å²) in [6.07, 6.45) is -4.60. The maximum atomic E-state index is 12.7. The van der Waals surface area contributed by atoms with Crippen LogP contribution in [0.3, 0.4) is 0 Å². The first-order valence-electron chi connectivity index (χ1n) is 9.54. The Morgan fingerprint density at radius 3 is 2.07 bits per heavy atom. The average molecular weight is 422 g/mol. The Morgan fingerprint density at radius 1 is 0.933 bits per heavy atom. The maximum Gasteiger partial charge on any atom is 0.573 e. The molecule has 2 aromatic carbocycles. The molecular weight excluding hydrogens is 397 g/mol. The molecule has 0 radical (unpaired) electrons. The van der Waals surface area contributed by atoms with E-state index in [0.29, 0.717) is 5.56 Å². The molecule has 0 aliphatic carbocycles. The normalized spacial score (nSPS) is 13.4. The zero-order valence-electron chi connectivity index (χ0n) is 17.0. The number of hydrogen-bond acceptors (Lipinski definition) is 3. The summed E-state index contributed by atoms with van der Waals surface area (Å²) in [5, 5.41) is 5.56. The number of halogens is 3. The van der Waals surface area contributed by atoms with Crippen LogP contribution in [0.1, 0.15) is 37.9 Å². The minimum Gasteiger partial charge on any atom is -0.406 e. The number of alkyl halides is 3. The fourth-order valence-electron chi connectivity index (χ4n) is 2.89. The summed E-state index contributed by atoms with van der Waals surface area (Å²) in [6, 6.07) is 13.3. The lowest BCUT2D eigenvalue weighted by Gasteiger charge is -2.24. The molecule has 0 saturated carbocycles. The SMILES string of the molecule is CC(NC(=O)C(NC(=O)Cc1ccccc1)C(C)C)c1ccc(OC(F)(F)F)cc1. The monoisotopic (exact) mass is 422 g/mol. The highest BCUT2D eigenvalue weighted by atomic mass is 19.4. The molecule has 5 nitrogen and oxygen atoms in total. The van der Waals surface area contributed by atoms with E-state index < -0.39 is 18.4 Å². The third-order valence-electron chi connectivity index (χ3n) is 4.45. The lowest BCUT2D eigenvalue weighted by atomic mass is 10.0. The second-order valence-electron chi connectivity index (χ2n) is 7.30. The Morgan fingerprint density at radius 2 is 1.53 bits per heavy atom. The van der Waals surface area contributed by atoms with Crippen molar-refractivity contribution in [1.29, 1.82) is 0 Å². The molecule has 0 saturated heterocycles. The van der Waals surface area contributed by atoms with Crippen molar-refractivity contribution in [2.45, 2.75) is 45.6 Å². The van der Waals surface area contributed by atoms with Crippen molar-refractivity contribution in [2.75, 3.05) is 0 Å². The fraction of sp³-hybridized carbons (Fsp3) is 0.364. The van der Waals surface area contributed by atoms with Gasteiger partial charge < -0.3 is 15.4 Å². The fourth-order valence-corrected chi connectivity index (χ4v) is 2.89. The third-order valence-corrected chi connectivity index (χ3v) is 4.45. The van der Waals surface area contributed by atoms with Crippen molar-refractivity contribution in [3.8, 4) is 5.75 Å². The van der Waals surface area contributed by atoms with Gasteiger partial charge in [-0.2, -0.15) is 0 Å². The van der Waals surface area contributed by atoms with Crippen molar-refractivity contribution in [3.63, 3.8) is 0 Å². The smallest absolute Gasteiger partial charge is 0.406 e. The summed E-state index contributed by atoms with van der Waals surface area (Å²) in [6.45, 7) is 5.35. The maximum absolute atomic E-state index is 12.7. The van der Waals surface area contributed by atoms with Crippen LogP contribution in [0, 0.1) is 5.92 Å². The molecule has 30 heavy (non-hydrogen) atoms. The highest BCUT2D eigenvalue weighted by Crippen LogP contribution is 2.24. The zero-order valence-corrected chi connectivity index (χ0v) is 17.0. The van der Waals surface area contributed by atoms with Crippen LogP contribution >= 0.6 is 0 Å². The number of carbonyl (C=O) groups excluding carboxylic acids is 2. The molecule has 0 aliphatic heterocycles. The van der Waals surface area contributed by atoms with Gasteiger partial charge in [0.15, 0.2) is 0 Å². The molecule has 162 valence electrons. The summed E-state index contributed by atoms with van der Waals surface area (Å²) in [7, 11) is 0. The summed E-state index contributed by atoms with van der Waals surface area (Å²) >= 11 is 0. The highest BCUT2D eigenvalue weighted by Gasteiger charge is 2.31. The predicted molar refractivity (Wildman–Crippen MR) is 107 cm³/mol. The Balaban J connectivity index is 1.97. The summed E-state index contributed by atoms with van der Waals surface area (Å²) in [4.78, 5) is 25.1. The first-order chi connectivity index (χ1) is 14.0. The Labute approximate surface area is 173 Å². The molecule has 8 heteroatoms. The first-order valence-corrected chi connectivity index (χ1v) is 9.54. The van der Waals surface area contributed by atoms with Crippen molar-refractivity contribution >= 4 is 11.8 Å². The standard InChI is InChI=1S/C22H25F3N2O3/c1-14(2)20(27-19(28)13-16-7-5-4-6-8-16)21(29)26-15(3)17-9-11-18(12-10-17)30-22(23,24)25/h4-12,14-15,20H,13H2,1-3H3,(H,26,29)(H,27,28). The van der Waals surface area contributed by atoms with E-state index in [9.17, 15) is 22.8 Å². The van der Waals surface area contributed by atoms with Crippen LogP contribution in [0.25, 0.3) is 0 Å². The van der Waals surface area contributed by atoms with Gasteiger partial charge in [-0.25, -0.2) is 0 Å². The number of amides is 2. The Kier molecular flexibility index (Phi) is 7.86. The molecule has 2 N–H and O–H groups in total. The van der Waals surface area contributed by atoms with E-state index in [1.54, 1.807) is 6.92 Å². The van der Waals surface area contributed by atoms with Gasteiger partial charge in [-0.1, -0.05) is 56.3 Å². The second kappa shape index (κ2) is 10.1. The second-order valence-corrected chi connectivity index (χ2v) is 7.30. The molecule has 0 bridgehead atoms. The molecule has 2 rings (SSSR count). The molecule has 2 amide bonds. The van der Waals surface area contributed by atoms with Crippen molar-refractivity contribution < 1.29 is 27.5 Å². The molecule has 2 unspecified atom stereocenters. The van der Waals surface area contributed by atoms with Crippen molar-refractivity contribution in [3.05, 3.63) is 65.7 Å². The van der Waals surface area contributed by atoms with Crippen LogP contribution in [-0.2, 0) is 16.0 Å².